The van der Waals surface area contributed by atoms with Gasteiger partial charge in [0.05, 0.1) is 9.77 Å². The molecule has 10 heteroatoms. The number of hydrogen-bond donors (Lipinski definition) is 3. The van der Waals surface area contributed by atoms with E-state index in [1.54, 1.807) is 57.2 Å². The normalized spacial score (nSPS) is 12.7. The molecule has 8 nitrogen and oxygen atoms in total. The molecule has 1 heterocycles. The number of ether oxygens (including phenoxy) is 1. The Morgan fingerprint density at radius 3 is 2.26 bits per heavy atom. The highest BCUT2D eigenvalue weighted by atomic mass is 32.2. The number of esters is 1. The topological polar surface area (TPSA) is 128 Å². The van der Waals surface area contributed by atoms with Gasteiger partial charge >= 0.3 is 5.97 Å². The van der Waals surface area contributed by atoms with E-state index in [0.717, 1.165) is 10.4 Å². The lowest BCUT2D eigenvalue weighted by atomic mass is 10.2. The van der Waals surface area contributed by atoms with E-state index in [9.17, 15) is 18.0 Å². The summed E-state index contributed by atoms with van der Waals surface area (Å²) in [6.45, 7) is 4.75. The van der Waals surface area contributed by atoms with Gasteiger partial charge in [-0.3, -0.25) is 9.59 Å². The molecule has 3 aromatic rings. The number of amides is 1. The van der Waals surface area contributed by atoms with Crippen LogP contribution in [0.2, 0.25) is 0 Å². The molecule has 1 unspecified atom stereocenters. The first-order chi connectivity index (χ1) is 15.9. The van der Waals surface area contributed by atoms with E-state index in [0.29, 0.717) is 10.6 Å². The molecule has 34 heavy (non-hydrogen) atoms. The largest absolute Gasteiger partial charge is 0.459 e. The van der Waals surface area contributed by atoms with Crippen LogP contribution in [0.15, 0.2) is 71.6 Å². The molecule has 1 aromatic heterocycles. The van der Waals surface area contributed by atoms with Crippen LogP contribution in [-0.4, -0.2) is 38.5 Å². The number of carbonyl (C=O) groups is 2. The number of rotatable bonds is 8. The van der Waals surface area contributed by atoms with E-state index >= 15 is 0 Å². The molecule has 1 amide bonds. The molecule has 0 aliphatic carbocycles. The van der Waals surface area contributed by atoms with Crippen molar-refractivity contribution in [1.29, 1.82) is 0 Å². The first kappa shape index (κ1) is 25.4. The second-order valence-corrected chi connectivity index (χ2v) is 11.3. The molecule has 0 bridgehead atoms. The summed E-state index contributed by atoms with van der Waals surface area (Å²) in [6, 6.07) is 17.1. The molecule has 0 fully saturated rings. The molecule has 3 rings (SSSR count). The Bertz CT molecular complexity index is 1250. The molecule has 0 spiro atoms. The van der Waals surface area contributed by atoms with E-state index in [-0.39, 0.29) is 11.4 Å². The van der Waals surface area contributed by atoms with Gasteiger partial charge in [-0.05, 0) is 62.7 Å². The predicted molar refractivity (Wildman–Crippen MR) is 133 cm³/mol. The zero-order valence-corrected chi connectivity index (χ0v) is 20.7. The lowest BCUT2D eigenvalue weighted by Gasteiger charge is -2.24. The maximum atomic E-state index is 12.8. The first-order valence-electron chi connectivity index (χ1n) is 10.5. The quantitative estimate of drug-likeness (QED) is 0.321. The summed E-state index contributed by atoms with van der Waals surface area (Å²) in [5.41, 5.74) is 6.45. The number of nitrogen functional groups attached to an aromatic ring is 1. The Hall–Kier alpha value is -3.21. The lowest BCUT2D eigenvalue weighted by molar-refractivity contribution is -0.156. The zero-order chi connectivity index (χ0) is 24.9. The third-order valence-electron chi connectivity index (χ3n) is 4.53. The molecule has 180 valence electrons. The molecule has 0 saturated carbocycles. The summed E-state index contributed by atoms with van der Waals surface area (Å²) < 4.78 is 33.3. The van der Waals surface area contributed by atoms with Crippen LogP contribution in [0, 0.1) is 0 Å². The van der Waals surface area contributed by atoms with Gasteiger partial charge in [0.2, 0.25) is 10.0 Å². The van der Waals surface area contributed by atoms with Crippen molar-refractivity contribution in [3.05, 3.63) is 71.6 Å². The number of benzene rings is 2. The second-order valence-electron chi connectivity index (χ2n) is 8.52. The Balaban J connectivity index is 1.74. The maximum absolute atomic E-state index is 12.8. The SMILES string of the molecule is CC(C)(C)OC(=O)C(CNC(=O)c1ccc(-c2ccc(N)cc2)s1)NS(=O)(=O)c1ccccc1. The van der Waals surface area contributed by atoms with Crippen molar-refractivity contribution in [3.8, 4) is 10.4 Å². The van der Waals surface area contributed by atoms with Gasteiger partial charge in [-0.2, -0.15) is 4.72 Å². The molecule has 4 N–H and O–H groups in total. The van der Waals surface area contributed by atoms with Crippen molar-refractivity contribution in [1.82, 2.24) is 10.0 Å². The summed E-state index contributed by atoms with van der Waals surface area (Å²) in [5, 5.41) is 2.64. The van der Waals surface area contributed by atoms with E-state index in [2.05, 4.69) is 10.0 Å². The Kier molecular flexibility index (Phi) is 7.75. The van der Waals surface area contributed by atoms with E-state index in [4.69, 9.17) is 10.5 Å². The standard InChI is InChI=1S/C24H27N3O5S2/c1-24(2,3)32-23(29)19(27-34(30,31)18-7-5-4-6-8-18)15-26-22(28)21-14-13-20(33-21)16-9-11-17(25)12-10-16/h4-14,19,27H,15,25H2,1-3H3,(H,26,28). The first-order valence-corrected chi connectivity index (χ1v) is 12.8. The van der Waals surface area contributed by atoms with Crippen molar-refractivity contribution >= 4 is 38.9 Å². The maximum Gasteiger partial charge on any atom is 0.326 e. The Morgan fingerprint density at radius 2 is 1.65 bits per heavy atom. The summed E-state index contributed by atoms with van der Waals surface area (Å²) in [6.07, 6.45) is 0. The van der Waals surface area contributed by atoms with Gasteiger partial charge in [0.1, 0.15) is 11.6 Å². The monoisotopic (exact) mass is 501 g/mol. The number of nitrogens with one attached hydrogen (secondary N) is 2. The summed E-state index contributed by atoms with van der Waals surface area (Å²) in [5.74, 6) is -1.22. The third kappa shape index (κ3) is 6.89. The van der Waals surface area contributed by atoms with Gasteiger partial charge in [-0.1, -0.05) is 30.3 Å². The summed E-state index contributed by atoms with van der Waals surface area (Å²) in [7, 11) is -4.02. The van der Waals surface area contributed by atoms with Crippen LogP contribution >= 0.6 is 11.3 Å². The average Bonchev–Trinajstić information content (AvgIpc) is 3.26. The van der Waals surface area contributed by atoms with Gasteiger partial charge in [-0.25, -0.2) is 8.42 Å². The van der Waals surface area contributed by atoms with E-state index in [1.165, 1.54) is 23.5 Å². The minimum absolute atomic E-state index is 0.00119. The van der Waals surface area contributed by atoms with E-state index in [1.807, 2.05) is 18.2 Å². The van der Waals surface area contributed by atoms with Crippen LogP contribution in [0.1, 0.15) is 30.4 Å². The minimum atomic E-state index is -4.02. The lowest BCUT2D eigenvalue weighted by Crippen LogP contribution is -2.50. The second kappa shape index (κ2) is 10.4. The molecular formula is C24H27N3O5S2. The number of hydrogen-bond acceptors (Lipinski definition) is 7. The Morgan fingerprint density at radius 1 is 1.00 bits per heavy atom. The molecule has 0 saturated heterocycles. The van der Waals surface area contributed by atoms with Gasteiger partial charge < -0.3 is 15.8 Å². The molecular weight excluding hydrogens is 474 g/mol. The van der Waals surface area contributed by atoms with Crippen molar-refractivity contribution < 1.29 is 22.7 Å². The fraction of sp³-hybridized carbons (Fsp3) is 0.250. The highest BCUT2D eigenvalue weighted by molar-refractivity contribution is 7.89. The number of anilines is 1. The van der Waals surface area contributed by atoms with Gasteiger partial charge in [-0.15, -0.1) is 11.3 Å². The number of carbonyl (C=O) groups excluding carboxylic acids is 2. The highest BCUT2D eigenvalue weighted by Gasteiger charge is 2.30. The molecule has 2 aromatic carbocycles. The summed E-state index contributed by atoms with van der Waals surface area (Å²) in [4.78, 5) is 26.8. The zero-order valence-electron chi connectivity index (χ0n) is 19.1. The minimum Gasteiger partial charge on any atom is -0.459 e. The highest BCUT2D eigenvalue weighted by Crippen LogP contribution is 2.28. The molecule has 0 radical (unpaired) electrons. The van der Waals surface area contributed by atoms with Crippen LogP contribution in [0.5, 0.6) is 0 Å². The van der Waals surface area contributed by atoms with Crippen molar-refractivity contribution in [2.45, 2.75) is 37.3 Å². The smallest absolute Gasteiger partial charge is 0.326 e. The number of thiophene rings is 1. The van der Waals surface area contributed by atoms with Gasteiger partial charge in [0.25, 0.3) is 5.91 Å². The molecule has 0 aliphatic rings. The molecule has 0 aliphatic heterocycles. The van der Waals surface area contributed by atoms with Crippen LogP contribution in [0.4, 0.5) is 5.69 Å². The fourth-order valence-corrected chi connectivity index (χ4v) is 5.08. The van der Waals surface area contributed by atoms with Crippen LogP contribution in [-0.2, 0) is 19.6 Å². The fourth-order valence-electron chi connectivity index (χ4n) is 2.95. The number of sulfonamides is 1. The van der Waals surface area contributed by atoms with Crippen molar-refractivity contribution in [2.24, 2.45) is 0 Å². The van der Waals surface area contributed by atoms with E-state index < -0.39 is 33.5 Å². The Labute approximate surface area is 203 Å². The summed E-state index contributed by atoms with van der Waals surface area (Å²) >= 11 is 1.27. The third-order valence-corrected chi connectivity index (χ3v) is 7.15. The van der Waals surface area contributed by atoms with Gasteiger partial charge in [0.15, 0.2) is 0 Å². The van der Waals surface area contributed by atoms with Crippen LogP contribution < -0.4 is 15.8 Å². The van der Waals surface area contributed by atoms with Crippen LogP contribution in [0.3, 0.4) is 0 Å². The van der Waals surface area contributed by atoms with Crippen LogP contribution in [0.25, 0.3) is 10.4 Å². The average molecular weight is 502 g/mol. The van der Waals surface area contributed by atoms with Crippen molar-refractivity contribution in [2.75, 3.05) is 12.3 Å². The predicted octanol–water partition coefficient (Wildman–Crippen LogP) is 3.42. The van der Waals surface area contributed by atoms with Gasteiger partial charge in [0, 0.05) is 17.1 Å². The number of nitrogens with two attached hydrogens (primary N) is 1. The van der Waals surface area contributed by atoms with Crippen molar-refractivity contribution in [3.63, 3.8) is 0 Å². The molecule has 1 atom stereocenters.